The third kappa shape index (κ3) is 4.60. The van der Waals surface area contributed by atoms with Crippen molar-refractivity contribution in [3.05, 3.63) is 48.0 Å². The van der Waals surface area contributed by atoms with Crippen LogP contribution in [0.4, 0.5) is 5.69 Å². The van der Waals surface area contributed by atoms with Crippen LogP contribution in [0.3, 0.4) is 0 Å². The Bertz CT molecular complexity index is 981. The highest BCUT2D eigenvalue weighted by atomic mass is 32.2. The summed E-state index contributed by atoms with van der Waals surface area (Å²) in [6, 6.07) is 11.6. The molecule has 0 N–H and O–H groups in total. The summed E-state index contributed by atoms with van der Waals surface area (Å²) < 4.78 is 38.6. The van der Waals surface area contributed by atoms with Crippen molar-refractivity contribution in [3.63, 3.8) is 0 Å². The Morgan fingerprint density at radius 2 is 1.57 bits per heavy atom. The van der Waals surface area contributed by atoms with Crippen LogP contribution in [0.1, 0.15) is 36.0 Å². The maximum Gasteiger partial charge on any atom is 0.258 e. The minimum absolute atomic E-state index is 0.0286. The van der Waals surface area contributed by atoms with E-state index in [1.807, 2.05) is 0 Å². The molecule has 162 valence electrons. The zero-order valence-corrected chi connectivity index (χ0v) is 18.4. The summed E-state index contributed by atoms with van der Waals surface area (Å²) in [4.78, 5) is 14.6. The predicted octanol–water partition coefficient (Wildman–Crippen LogP) is 3.55. The summed E-state index contributed by atoms with van der Waals surface area (Å²) in [7, 11) is 0.897. The Morgan fingerprint density at radius 3 is 2.13 bits per heavy atom. The van der Waals surface area contributed by atoms with Gasteiger partial charge in [-0.2, -0.15) is 4.31 Å². The van der Waals surface area contributed by atoms with E-state index in [1.165, 1.54) is 22.4 Å². The molecule has 2 aromatic carbocycles. The maximum atomic E-state index is 13.3. The topological polar surface area (TPSA) is 76.1 Å². The van der Waals surface area contributed by atoms with Gasteiger partial charge in [0.05, 0.1) is 14.2 Å². The second-order valence-corrected chi connectivity index (χ2v) is 9.15. The molecule has 1 aliphatic heterocycles. The molecule has 7 nitrogen and oxygen atoms in total. The summed E-state index contributed by atoms with van der Waals surface area (Å²) in [6.45, 7) is 0.963. The average molecular weight is 433 g/mol. The molecule has 30 heavy (non-hydrogen) atoms. The normalized spacial score (nSPS) is 15.3. The minimum atomic E-state index is -3.76. The summed E-state index contributed by atoms with van der Waals surface area (Å²) in [5, 5.41) is 0. The largest absolute Gasteiger partial charge is 0.497 e. The van der Waals surface area contributed by atoms with E-state index in [4.69, 9.17) is 9.47 Å². The van der Waals surface area contributed by atoms with Crippen molar-refractivity contribution in [1.29, 1.82) is 0 Å². The monoisotopic (exact) mass is 432 g/mol. The van der Waals surface area contributed by atoms with Gasteiger partial charge in [0, 0.05) is 31.4 Å². The van der Waals surface area contributed by atoms with Gasteiger partial charge < -0.3 is 14.4 Å². The van der Waals surface area contributed by atoms with Gasteiger partial charge in [-0.05, 0) is 55.3 Å². The van der Waals surface area contributed by atoms with Gasteiger partial charge in [-0.25, -0.2) is 8.42 Å². The molecule has 0 radical (unpaired) electrons. The zero-order chi connectivity index (χ0) is 21.7. The van der Waals surface area contributed by atoms with Gasteiger partial charge >= 0.3 is 0 Å². The highest BCUT2D eigenvalue weighted by molar-refractivity contribution is 7.89. The van der Waals surface area contributed by atoms with Crippen LogP contribution < -0.4 is 14.4 Å². The van der Waals surface area contributed by atoms with Crippen molar-refractivity contribution in [2.24, 2.45) is 0 Å². The highest BCUT2D eigenvalue weighted by Gasteiger charge is 2.29. The number of nitrogens with zero attached hydrogens (tertiary/aromatic N) is 2. The number of carbonyl (C=O) groups is 1. The number of ether oxygens (including phenoxy) is 2. The molecule has 1 amide bonds. The van der Waals surface area contributed by atoms with Crippen molar-refractivity contribution >= 4 is 21.6 Å². The van der Waals surface area contributed by atoms with Gasteiger partial charge in [-0.1, -0.05) is 12.8 Å². The molecule has 0 atom stereocenters. The van der Waals surface area contributed by atoms with E-state index in [-0.39, 0.29) is 22.1 Å². The standard InChI is InChI=1S/C22H28N2O5S/c1-23(18-9-11-19(28-2)12-10-18)22(25)17-8-13-20(29-3)21(16-17)30(26,27)24-14-6-4-5-7-15-24/h8-13,16H,4-7,14-15H2,1-3H3. The van der Waals surface area contributed by atoms with Gasteiger partial charge in [-0.3, -0.25) is 4.79 Å². The summed E-state index contributed by atoms with van der Waals surface area (Å²) >= 11 is 0. The fraction of sp³-hybridized carbons (Fsp3) is 0.409. The molecule has 1 saturated heterocycles. The first-order chi connectivity index (χ1) is 14.4. The fourth-order valence-corrected chi connectivity index (χ4v) is 5.25. The SMILES string of the molecule is COc1ccc(N(C)C(=O)c2ccc(OC)c(S(=O)(=O)N3CCCCCC3)c2)cc1. The first-order valence-corrected chi connectivity index (χ1v) is 11.4. The highest BCUT2D eigenvalue weighted by Crippen LogP contribution is 2.30. The van der Waals surface area contributed by atoms with Crippen LogP contribution >= 0.6 is 0 Å². The molecule has 0 spiro atoms. The van der Waals surface area contributed by atoms with Gasteiger partial charge in [0.1, 0.15) is 16.4 Å². The third-order valence-corrected chi connectivity index (χ3v) is 7.28. The first kappa shape index (κ1) is 22.1. The zero-order valence-electron chi connectivity index (χ0n) is 17.6. The number of methoxy groups -OCH3 is 2. The van der Waals surface area contributed by atoms with Gasteiger partial charge in [0.2, 0.25) is 10.0 Å². The molecule has 8 heteroatoms. The van der Waals surface area contributed by atoms with Crippen LogP contribution in [0.15, 0.2) is 47.4 Å². The van der Waals surface area contributed by atoms with Crippen LogP contribution in [-0.4, -0.2) is 53.0 Å². The molecule has 3 rings (SSSR count). The number of hydrogen-bond donors (Lipinski definition) is 0. The second-order valence-electron chi connectivity index (χ2n) is 7.25. The van der Waals surface area contributed by atoms with Crippen molar-refractivity contribution in [2.75, 3.05) is 39.3 Å². The predicted molar refractivity (Wildman–Crippen MR) is 116 cm³/mol. The quantitative estimate of drug-likeness (QED) is 0.698. The van der Waals surface area contributed by atoms with E-state index < -0.39 is 10.0 Å². The van der Waals surface area contributed by atoms with E-state index in [9.17, 15) is 13.2 Å². The van der Waals surface area contributed by atoms with E-state index >= 15 is 0 Å². The summed E-state index contributed by atoms with van der Waals surface area (Å²) in [5.74, 6) is 0.618. The van der Waals surface area contributed by atoms with Crippen molar-refractivity contribution < 1.29 is 22.7 Å². The lowest BCUT2D eigenvalue weighted by Gasteiger charge is -2.22. The fourth-order valence-electron chi connectivity index (χ4n) is 3.55. The smallest absolute Gasteiger partial charge is 0.258 e. The number of hydrogen-bond acceptors (Lipinski definition) is 5. The van der Waals surface area contributed by atoms with Crippen LogP contribution in [0, 0.1) is 0 Å². The van der Waals surface area contributed by atoms with Crippen LogP contribution in [-0.2, 0) is 10.0 Å². The maximum absolute atomic E-state index is 13.3. The van der Waals surface area contributed by atoms with Crippen LogP contribution in [0.25, 0.3) is 0 Å². The van der Waals surface area contributed by atoms with Crippen LogP contribution in [0.5, 0.6) is 11.5 Å². The summed E-state index contributed by atoms with van der Waals surface area (Å²) in [6.07, 6.45) is 3.71. The molecule has 1 aliphatic rings. The van der Waals surface area contributed by atoms with Crippen molar-refractivity contribution in [3.8, 4) is 11.5 Å². The lowest BCUT2D eigenvalue weighted by atomic mass is 10.1. The lowest BCUT2D eigenvalue weighted by molar-refractivity contribution is 0.0992. The Morgan fingerprint density at radius 1 is 0.933 bits per heavy atom. The molecule has 1 heterocycles. The molecule has 0 bridgehead atoms. The van der Waals surface area contributed by atoms with E-state index in [0.29, 0.717) is 24.5 Å². The second kappa shape index (κ2) is 9.49. The Hall–Kier alpha value is -2.58. The molecular formula is C22H28N2O5S. The molecule has 0 aromatic heterocycles. The number of benzene rings is 2. The van der Waals surface area contributed by atoms with E-state index in [2.05, 4.69) is 0 Å². The number of rotatable bonds is 6. The van der Waals surface area contributed by atoms with Crippen LogP contribution in [0.2, 0.25) is 0 Å². The number of carbonyl (C=O) groups excluding carboxylic acids is 1. The molecule has 0 aliphatic carbocycles. The first-order valence-electron chi connectivity index (χ1n) is 9.99. The van der Waals surface area contributed by atoms with Gasteiger partial charge in [-0.15, -0.1) is 0 Å². The Kier molecular flexibility index (Phi) is 6.99. The Balaban J connectivity index is 1.93. The van der Waals surface area contributed by atoms with Gasteiger partial charge in [0.25, 0.3) is 5.91 Å². The third-order valence-electron chi connectivity index (χ3n) is 5.36. The van der Waals surface area contributed by atoms with E-state index in [1.54, 1.807) is 50.6 Å². The molecule has 0 unspecified atom stereocenters. The van der Waals surface area contributed by atoms with Crippen molar-refractivity contribution in [2.45, 2.75) is 30.6 Å². The summed E-state index contributed by atoms with van der Waals surface area (Å²) in [5.41, 5.74) is 0.955. The Labute approximate surface area is 178 Å². The number of anilines is 1. The van der Waals surface area contributed by atoms with Gasteiger partial charge in [0.15, 0.2) is 0 Å². The number of sulfonamides is 1. The molecular weight excluding hydrogens is 404 g/mol. The van der Waals surface area contributed by atoms with Crippen molar-refractivity contribution in [1.82, 2.24) is 4.31 Å². The molecule has 1 fully saturated rings. The molecule has 2 aromatic rings. The van der Waals surface area contributed by atoms with E-state index in [0.717, 1.165) is 25.7 Å². The number of amides is 1. The average Bonchev–Trinajstić information content (AvgIpc) is 3.08. The molecule has 0 saturated carbocycles. The lowest BCUT2D eigenvalue weighted by Crippen LogP contribution is -2.32. The minimum Gasteiger partial charge on any atom is -0.497 e.